The molecular weight excluding hydrogens is 262 g/mol. The molecule has 2 aliphatic rings. The Kier molecular flexibility index (Phi) is 4.12. The van der Waals surface area contributed by atoms with Gasteiger partial charge in [-0.3, -0.25) is 0 Å². The van der Waals surface area contributed by atoms with Gasteiger partial charge in [0.05, 0.1) is 6.61 Å². The minimum Gasteiger partial charge on any atom is -0.493 e. The summed E-state index contributed by atoms with van der Waals surface area (Å²) in [6.45, 7) is 5.04. The molecule has 2 N–H and O–H groups in total. The lowest BCUT2D eigenvalue weighted by molar-refractivity contribution is 0.00181. The minimum absolute atomic E-state index is 0.00896. The predicted octanol–water partition coefficient (Wildman–Crippen LogP) is 4.21. The minimum atomic E-state index is -0.00896. The lowest BCUT2D eigenvalue weighted by atomic mass is 9.77. The topological polar surface area (TPSA) is 44.5 Å². The molecule has 0 aromatic heterocycles. The highest BCUT2D eigenvalue weighted by Crippen LogP contribution is 2.46. The average molecular weight is 289 g/mol. The third-order valence-electron chi connectivity index (χ3n) is 4.65. The summed E-state index contributed by atoms with van der Waals surface area (Å²) < 4.78 is 12.2. The number of hydrogen-bond acceptors (Lipinski definition) is 3. The molecule has 0 bridgehead atoms. The standard InChI is InChI=1S/C18H27NO2/c1-13(2)12-20-14-6-7-17-15(10-14)16(19)11-18(21-17)8-4-3-5-9-18/h6-7,10,13,16H,3-5,8-9,11-12,19H2,1-2H3. The van der Waals surface area contributed by atoms with Gasteiger partial charge in [-0.25, -0.2) is 0 Å². The van der Waals surface area contributed by atoms with Gasteiger partial charge in [0.1, 0.15) is 17.1 Å². The van der Waals surface area contributed by atoms with Crippen LogP contribution in [0.15, 0.2) is 18.2 Å². The van der Waals surface area contributed by atoms with Crippen LogP contribution in [0.25, 0.3) is 0 Å². The second-order valence-electron chi connectivity index (χ2n) is 7.06. The van der Waals surface area contributed by atoms with Gasteiger partial charge in [-0.05, 0) is 49.8 Å². The lowest BCUT2D eigenvalue weighted by Gasteiger charge is -2.43. The van der Waals surface area contributed by atoms with E-state index in [4.69, 9.17) is 15.2 Å². The molecule has 1 fully saturated rings. The van der Waals surface area contributed by atoms with E-state index in [-0.39, 0.29) is 11.6 Å². The third kappa shape index (κ3) is 3.18. The van der Waals surface area contributed by atoms with E-state index in [1.54, 1.807) is 0 Å². The van der Waals surface area contributed by atoms with E-state index < -0.39 is 0 Å². The van der Waals surface area contributed by atoms with Gasteiger partial charge >= 0.3 is 0 Å². The van der Waals surface area contributed by atoms with Crippen molar-refractivity contribution >= 4 is 0 Å². The zero-order valence-corrected chi connectivity index (χ0v) is 13.2. The van der Waals surface area contributed by atoms with E-state index in [1.165, 1.54) is 19.3 Å². The molecule has 1 saturated carbocycles. The predicted molar refractivity (Wildman–Crippen MR) is 84.8 cm³/mol. The Labute approximate surface area is 127 Å². The summed E-state index contributed by atoms with van der Waals surface area (Å²) in [5, 5.41) is 0. The molecule has 1 heterocycles. The van der Waals surface area contributed by atoms with E-state index >= 15 is 0 Å². The molecule has 3 nitrogen and oxygen atoms in total. The molecule has 0 amide bonds. The Bertz CT molecular complexity index is 492. The van der Waals surface area contributed by atoms with Crippen LogP contribution in [0, 0.1) is 5.92 Å². The van der Waals surface area contributed by atoms with E-state index in [2.05, 4.69) is 19.9 Å². The fraction of sp³-hybridized carbons (Fsp3) is 0.667. The van der Waals surface area contributed by atoms with Crippen molar-refractivity contribution in [2.75, 3.05) is 6.61 Å². The first-order valence-electron chi connectivity index (χ1n) is 8.29. The Morgan fingerprint density at radius 2 is 2.05 bits per heavy atom. The van der Waals surface area contributed by atoms with Crippen LogP contribution < -0.4 is 15.2 Å². The van der Waals surface area contributed by atoms with E-state index in [1.807, 2.05) is 12.1 Å². The van der Waals surface area contributed by atoms with Crippen LogP contribution in [-0.2, 0) is 0 Å². The van der Waals surface area contributed by atoms with Crippen molar-refractivity contribution in [3.8, 4) is 11.5 Å². The maximum atomic E-state index is 6.44. The van der Waals surface area contributed by atoms with Crippen LogP contribution in [0.5, 0.6) is 11.5 Å². The molecule has 1 unspecified atom stereocenters. The first-order chi connectivity index (χ1) is 10.1. The van der Waals surface area contributed by atoms with E-state index in [0.29, 0.717) is 5.92 Å². The number of hydrogen-bond donors (Lipinski definition) is 1. The summed E-state index contributed by atoms with van der Waals surface area (Å²) in [6, 6.07) is 6.18. The van der Waals surface area contributed by atoms with Crippen LogP contribution in [0.2, 0.25) is 0 Å². The van der Waals surface area contributed by atoms with E-state index in [9.17, 15) is 0 Å². The summed E-state index contributed by atoms with van der Waals surface area (Å²) in [5.74, 6) is 2.39. The van der Waals surface area contributed by atoms with Gasteiger partial charge in [0.15, 0.2) is 0 Å². The molecular formula is C18H27NO2. The highest BCUT2D eigenvalue weighted by atomic mass is 16.5. The molecule has 3 heteroatoms. The van der Waals surface area contributed by atoms with Gasteiger partial charge in [-0.2, -0.15) is 0 Å². The van der Waals surface area contributed by atoms with Gasteiger partial charge in [0.2, 0.25) is 0 Å². The third-order valence-corrected chi connectivity index (χ3v) is 4.65. The molecule has 1 spiro atoms. The van der Waals surface area contributed by atoms with Crippen LogP contribution >= 0.6 is 0 Å². The molecule has 116 valence electrons. The smallest absolute Gasteiger partial charge is 0.125 e. The van der Waals surface area contributed by atoms with Crippen molar-refractivity contribution in [3.05, 3.63) is 23.8 Å². The van der Waals surface area contributed by atoms with Gasteiger partial charge < -0.3 is 15.2 Å². The molecule has 1 aromatic carbocycles. The number of fused-ring (bicyclic) bond motifs is 1. The molecule has 1 atom stereocenters. The maximum Gasteiger partial charge on any atom is 0.125 e. The van der Waals surface area contributed by atoms with E-state index in [0.717, 1.165) is 42.9 Å². The normalized spacial score (nSPS) is 23.7. The lowest BCUT2D eigenvalue weighted by Crippen LogP contribution is -2.44. The van der Waals surface area contributed by atoms with Gasteiger partial charge in [0.25, 0.3) is 0 Å². The first-order valence-corrected chi connectivity index (χ1v) is 8.29. The molecule has 1 aromatic rings. The average Bonchev–Trinajstić information content (AvgIpc) is 2.46. The largest absolute Gasteiger partial charge is 0.493 e. The van der Waals surface area contributed by atoms with Gasteiger partial charge in [0, 0.05) is 18.0 Å². The first kappa shape index (κ1) is 14.7. The molecule has 0 radical (unpaired) electrons. The van der Waals surface area contributed by atoms with Crippen molar-refractivity contribution in [3.63, 3.8) is 0 Å². The van der Waals surface area contributed by atoms with Crippen molar-refractivity contribution in [1.29, 1.82) is 0 Å². The number of nitrogens with two attached hydrogens (primary N) is 1. The Balaban J connectivity index is 1.79. The summed E-state index contributed by atoms with van der Waals surface area (Å²) in [7, 11) is 0. The van der Waals surface area contributed by atoms with Crippen molar-refractivity contribution in [1.82, 2.24) is 0 Å². The van der Waals surface area contributed by atoms with Crippen molar-refractivity contribution < 1.29 is 9.47 Å². The summed E-state index contributed by atoms with van der Waals surface area (Å²) >= 11 is 0. The Morgan fingerprint density at radius 3 is 2.76 bits per heavy atom. The van der Waals surface area contributed by atoms with Gasteiger partial charge in [-0.1, -0.05) is 20.3 Å². The van der Waals surface area contributed by atoms with Crippen LogP contribution in [-0.4, -0.2) is 12.2 Å². The fourth-order valence-electron chi connectivity index (χ4n) is 3.55. The highest BCUT2D eigenvalue weighted by Gasteiger charge is 2.40. The maximum absolute atomic E-state index is 6.44. The molecule has 21 heavy (non-hydrogen) atoms. The zero-order valence-electron chi connectivity index (χ0n) is 13.2. The Morgan fingerprint density at radius 1 is 1.29 bits per heavy atom. The summed E-state index contributed by atoms with van der Waals surface area (Å²) in [4.78, 5) is 0. The molecule has 1 aliphatic heterocycles. The second-order valence-corrected chi connectivity index (χ2v) is 7.06. The molecule has 1 aliphatic carbocycles. The fourth-order valence-corrected chi connectivity index (χ4v) is 3.55. The second kappa shape index (κ2) is 5.88. The summed E-state index contributed by atoms with van der Waals surface area (Å²) in [6.07, 6.45) is 7.08. The number of rotatable bonds is 3. The Hall–Kier alpha value is -1.22. The molecule has 3 rings (SSSR count). The quantitative estimate of drug-likeness (QED) is 0.906. The van der Waals surface area contributed by atoms with Gasteiger partial charge in [-0.15, -0.1) is 0 Å². The highest BCUT2D eigenvalue weighted by molar-refractivity contribution is 5.44. The number of benzene rings is 1. The van der Waals surface area contributed by atoms with Crippen LogP contribution in [0.1, 0.15) is 64.0 Å². The van der Waals surface area contributed by atoms with Crippen molar-refractivity contribution in [2.24, 2.45) is 11.7 Å². The SMILES string of the molecule is CC(C)COc1ccc2c(c1)C(N)CC1(CCCCC1)O2. The zero-order chi connectivity index (χ0) is 14.9. The summed E-state index contributed by atoms with van der Waals surface area (Å²) in [5.41, 5.74) is 7.54. The van der Waals surface area contributed by atoms with Crippen molar-refractivity contribution in [2.45, 2.75) is 64.0 Å². The monoisotopic (exact) mass is 289 g/mol. The van der Waals surface area contributed by atoms with Crippen LogP contribution in [0.3, 0.4) is 0 Å². The number of ether oxygens (including phenoxy) is 2. The molecule has 0 saturated heterocycles. The van der Waals surface area contributed by atoms with Crippen LogP contribution in [0.4, 0.5) is 0 Å².